The predicted octanol–water partition coefficient (Wildman–Crippen LogP) is 1.76. The van der Waals surface area contributed by atoms with Gasteiger partial charge in [0.15, 0.2) is 0 Å². The fraction of sp³-hybridized carbons (Fsp3) is 0.810. The molecule has 2 aliphatic heterocycles. The summed E-state index contributed by atoms with van der Waals surface area (Å²) in [5.74, 6) is 0.252. The summed E-state index contributed by atoms with van der Waals surface area (Å²) in [7, 11) is 0. The summed E-state index contributed by atoms with van der Waals surface area (Å²) in [6, 6.07) is 0.334. The van der Waals surface area contributed by atoms with Crippen molar-refractivity contribution in [3.63, 3.8) is 0 Å². The Balaban J connectivity index is 1.37. The highest BCUT2D eigenvalue weighted by Crippen LogP contribution is 2.32. The normalized spacial score (nSPS) is 21.8. The first-order valence-corrected chi connectivity index (χ1v) is 12.4. The number of carbonyl (C=O) groups excluding carboxylic acids is 3. The number of thioether (sulfide) groups is 1. The molecule has 0 radical (unpaired) electrons. The molecule has 2 saturated heterocycles. The van der Waals surface area contributed by atoms with Crippen LogP contribution in [0, 0.1) is 0 Å². The molecule has 0 saturated carbocycles. The van der Waals surface area contributed by atoms with Crippen molar-refractivity contribution in [2.24, 2.45) is 0 Å². The first kappa shape index (κ1) is 25.3. The molecule has 5 N–H and O–H groups in total. The standard InChI is InChI=1S/C21H36N4O5S/c26-17(22-13-6-2-4-11-19(28)29)9-3-1-5-12-23-18(27)10-7-8-16-20-15(14-31-16)24-21(30)25-20/h15-16,20H,1-14H2,(H,22,26)(H,23,27)(H,28,29)(H2,24,25,30)/t15-,16-,20-/m0/s1. The van der Waals surface area contributed by atoms with Crippen molar-refractivity contribution in [3.8, 4) is 0 Å². The zero-order valence-corrected chi connectivity index (χ0v) is 18.9. The van der Waals surface area contributed by atoms with E-state index in [-0.39, 0.29) is 36.3 Å². The summed E-state index contributed by atoms with van der Waals surface area (Å²) in [6.07, 6.45) is 7.71. The average Bonchev–Trinajstić information content (AvgIpc) is 3.26. The summed E-state index contributed by atoms with van der Waals surface area (Å²) < 4.78 is 0. The molecule has 0 aliphatic carbocycles. The minimum Gasteiger partial charge on any atom is -0.481 e. The van der Waals surface area contributed by atoms with Crippen LogP contribution in [0.5, 0.6) is 0 Å². The van der Waals surface area contributed by atoms with E-state index in [2.05, 4.69) is 21.3 Å². The van der Waals surface area contributed by atoms with Crippen LogP contribution in [-0.2, 0) is 14.4 Å². The van der Waals surface area contributed by atoms with E-state index in [0.717, 1.165) is 50.7 Å². The van der Waals surface area contributed by atoms with Crippen molar-refractivity contribution in [2.75, 3.05) is 18.8 Å². The second kappa shape index (κ2) is 14.2. The van der Waals surface area contributed by atoms with E-state index in [0.29, 0.717) is 37.6 Å². The Morgan fingerprint density at radius 1 is 0.871 bits per heavy atom. The third-order valence-electron chi connectivity index (χ3n) is 5.62. The van der Waals surface area contributed by atoms with Gasteiger partial charge in [0, 0.05) is 43.4 Å². The number of carbonyl (C=O) groups is 4. The quantitative estimate of drug-likeness (QED) is 0.177. The Labute approximate surface area is 188 Å². The molecule has 2 fully saturated rings. The Kier molecular flexibility index (Phi) is 11.6. The van der Waals surface area contributed by atoms with E-state index in [1.807, 2.05) is 11.8 Å². The average molecular weight is 457 g/mol. The summed E-state index contributed by atoms with van der Waals surface area (Å²) in [5.41, 5.74) is 0. The fourth-order valence-electron chi connectivity index (χ4n) is 3.90. The van der Waals surface area contributed by atoms with E-state index in [4.69, 9.17) is 5.11 Å². The van der Waals surface area contributed by atoms with Crippen LogP contribution >= 0.6 is 11.8 Å². The van der Waals surface area contributed by atoms with Gasteiger partial charge in [-0.3, -0.25) is 14.4 Å². The van der Waals surface area contributed by atoms with Gasteiger partial charge in [-0.2, -0.15) is 11.8 Å². The fourth-order valence-corrected chi connectivity index (χ4v) is 5.45. The lowest BCUT2D eigenvalue weighted by Crippen LogP contribution is -2.37. The minimum atomic E-state index is -0.778. The number of nitrogens with one attached hydrogen (secondary N) is 4. The molecule has 0 spiro atoms. The Hall–Kier alpha value is -1.97. The van der Waals surface area contributed by atoms with Gasteiger partial charge in [-0.25, -0.2) is 4.79 Å². The highest BCUT2D eigenvalue weighted by Gasteiger charge is 2.42. The molecule has 31 heavy (non-hydrogen) atoms. The van der Waals surface area contributed by atoms with E-state index >= 15 is 0 Å². The van der Waals surface area contributed by atoms with Gasteiger partial charge in [0.1, 0.15) is 0 Å². The van der Waals surface area contributed by atoms with Crippen LogP contribution in [0.4, 0.5) is 4.79 Å². The van der Waals surface area contributed by atoms with Gasteiger partial charge in [0.25, 0.3) is 0 Å². The first-order chi connectivity index (χ1) is 15.0. The lowest BCUT2D eigenvalue weighted by Gasteiger charge is -2.16. The van der Waals surface area contributed by atoms with Crippen LogP contribution in [-0.4, -0.2) is 65.1 Å². The predicted molar refractivity (Wildman–Crippen MR) is 120 cm³/mol. The van der Waals surface area contributed by atoms with Gasteiger partial charge in [0.2, 0.25) is 11.8 Å². The van der Waals surface area contributed by atoms with E-state index in [9.17, 15) is 19.2 Å². The number of fused-ring (bicyclic) bond motifs is 1. The molecule has 3 atom stereocenters. The molecule has 4 amide bonds. The second-order valence-electron chi connectivity index (χ2n) is 8.23. The number of aliphatic carboxylic acids is 1. The maximum atomic E-state index is 12.0. The highest BCUT2D eigenvalue weighted by molar-refractivity contribution is 8.00. The van der Waals surface area contributed by atoms with Gasteiger partial charge in [0.05, 0.1) is 12.1 Å². The number of hydrogen-bond donors (Lipinski definition) is 5. The monoisotopic (exact) mass is 456 g/mol. The smallest absolute Gasteiger partial charge is 0.315 e. The Morgan fingerprint density at radius 2 is 1.48 bits per heavy atom. The Bertz CT molecular complexity index is 619. The lowest BCUT2D eigenvalue weighted by atomic mass is 10.0. The number of amides is 4. The van der Waals surface area contributed by atoms with Crippen LogP contribution < -0.4 is 21.3 Å². The zero-order valence-electron chi connectivity index (χ0n) is 18.1. The van der Waals surface area contributed by atoms with E-state index in [1.54, 1.807) is 0 Å². The van der Waals surface area contributed by atoms with Crippen molar-refractivity contribution in [1.82, 2.24) is 21.3 Å². The maximum absolute atomic E-state index is 12.0. The molecule has 0 unspecified atom stereocenters. The van der Waals surface area contributed by atoms with Gasteiger partial charge in [-0.15, -0.1) is 0 Å². The molecular weight excluding hydrogens is 420 g/mol. The second-order valence-corrected chi connectivity index (χ2v) is 9.50. The van der Waals surface area contributed by atoms with Gasteiger partial charge in [-0.05, 0) is 38.5 Å². The number of unbranched alkanes of at least 4 members (excludes halogenated alkanes) is 4. The molecule has 2 heterocycles. The van der Waals surface area contributed by atoms with Crippen molar-refractivity contribution in [1.29, 1.82) is 0 Å². The molecule has 176 valence electrons. The number of rotatable bonds is 16. The van der Waals surface area contributed by atoms with Crippen LogP contribution in [0.3, 0.4) is 0 Å². The topological polar surface area (TPSA) is 137 Å². The van der Waals surface area contributed by atoms with Gasteiger partial charge < -0.3 is 26.4 Å². The van der Waals surface area contributed by atoms with Crippen LogP contribution in [0.1, 0.15) is 70.6 Å². The van der Waals surface area contributed by atoms with Gasteiger partial charge in [-0.1, -0.05) is 12.8 Å². The van der Waals surface area contributed by atoms with Crippen molar-refractivity contribution in [3.05, 3.63) is 0 Å². The number of carboxylic acid groups (broad SMARTS) is 1. The van der Waals surface area contributed by atoms with Crippen LogP contribution in [0.2, 0.25) is 0 Å². The minimum absolute atomic E-state index is 0.0305. The maximum Gasteiger partial charge on any atom is 0.315 e. The third-order valence-corrected chi connectivity index (χ3v) is 7.13. The van der Waals surface area contributed by atoms with Crippen molar-refractivity contribution < 1.29 is 24.3 Å². The first-order valence-electron chi connectivity index (χ1n) is 11.4. The summed E-state index contributed by atoms with van der Waals surface area (Å²) in [6.45, 7) is 1.23. The number of hydrogen-bond acceptors (Lipinski definition) is 5. The largest absolute Gasteiger partial charge is 0.481 e. The van der Waals surface area contributed by atoms with E-state index in [1.165, 1.54) is 0 Å². The highest BCUT2D eigenvalue weighted by atomic mass is 32.2. The number of urea groups is 1. The molecule has 2 aliphatic rings. The Morgan fingerprint density at radius 3 is 2.13 bits per heavy atom. The third kappa shape index (κ3) is 10.3. The molecule has 0 aromatic carbocycles. The van der Waals surface area contributed by atoms with Crippen molar-refractivity contribution in [2.45, 2.75) is 88.0 Å². The molecule has 10 heteroatoms. The number of carboxylic acids is 1. The summed E-state index contributed by atoms with van der Waals surface area (Å²) in [4.78, 5) is 45.5. The SMILES string of the molecule is O=C(O)CCCCCNC(=O)CCCCCNC(=O)CCC[C@@H]1SC[C@@H]2NC(=O)N[C@@H]21. The molecule has 0 bridgehead atoms. The zero-order chi connectivity index (χ0) is 22.5. The van der Waals surface area contributed by atoms with Crippen LogP contribution in [0.25, 0.3) is 0 Å². The van der Waals surface area contributed by atoms with Crippen molar-refractivity contribution >= 4 is 35.6 Å². The van der Waals surface area contributed by atoms with Gasteiger partial charge >= 0.3 is 12.0 Å². The molecule has 0 aromatic heterocycles. The lowest BCUT2D eigenvalue weighted by molar-refractivity contribution is -0.137. The van der Waals surface area contributed by atoms with E-state index < -0.39 is 5.97 Å². The molecular formula is C21H36N4O5S. The molecule has 0 aromatic rings. The summed E-state index contributed by atoms with van der Waals surface area (Å²) >= 11 is 1.86. The molecule has 2 rings (SSSR count). The molecule has 9 nitrogen and oxygen atoms in total. The summed E-state index contributed by atoms with van der Waals surface area (Å²) in [5, 5.41) is 20.6. The van der Waals surface area contributed by atoms with Crippen LogP contribution in [0.15, 0.2) is 0 Å².